The Labute approximate surface area is 151 Å². The van der Waals surface area contributed by atoms with E-state index in [1.54, 1.807) is 0 Å². The van der Waals surface area contributed by atoms with Crippen LogP contribution in [0.2, 0.25) is 0 Å². The molecule has 0 saturated carbocycles. The van der Waals surface area contributed by atoms with Crippen molar-refractivity contribution in [3.8, 4) is 0 Å². The molecule has 5 nitrogen and oxygen atoms in total. The van der Waals surface area contributed by atoms with Crippen molar-refractivity contribution < 1.29 is 9.53 Å². The van der Waals surface area contributed by atoms with Gasteiger partial charge in [0.05, 0.1) is 6.61 Å². The van der Waals surface area contributed by atoms with Gasteiger partial charge < -0.3 is 14.5 Å². The van der Waals surface area contributed by atoms with E-state index in [4.69, 9.17) is 4.74 Å². The van der Waals surface area contributed by atoms with Gasteiger partial charge in [-0.25, -0.2) is 0 Å². The fourth-order valence-corrected chi connectivity index (χ4v) is 3.76. The van der Waals surface area contributed by atoms with Gasteiger partial charge in [-0.1, -0.05) is 30.3 Å². The number of hydrogen-bond donors (Lipinski definition) is 0. The van der Waals surface area contributed by atoms with Gasteiger partial charge in [0.25, 0.3) is 5.91 Å². The molecule has 0 aromatic heterocycles. The zero-order chi connectivity index (χ0) is 17.6. The lowest BCUT2D eigenvalue weighted by Gasteiger charge is -2.42. The van der Waals surface area contributed by atoms with Crippen molar-refractivity contribution >= 4 is 5.91 Å². The minimum Gasteiger partial charge on any atom is -0.364 e. The van der Waals surface area contributed by atoms with Gasteiger partial charge in [0.2, 0.25) is 0 Å². The molecule has 2 aliphatic heterocycles. The molecule has 2 aliphatic rings. The number of nitrogens with zero attached hydrogens (tertiary/aromatic N) is 3. The lowest BCUT2D eigenvalue weighted by atomic mass is 10.0. The van der Waals surface area contributed by atoms with Crippen LogP contribution in [0.4, 0.5) is 0 Å². The summed E-state index contributed by atoms with van der Waals surface area (Å²) in [6.45, 7) is 8.71. The van der Waals surface area contributed by atoms with Gasteiger partial charge in [0.15, 0.2) is 0 Å². The molecule has 0 radical (unpaired) electrons. The predicted octanol–water partition coefficient (Wildman–Crippen LogP) is 1.83. The fraction of sp³-hybridized carbons (Fsp3) is 0.650. The molecule has 5 heteroatoms. The van der Waals surface area contributed by atoms with Gasteiger partial charge in [-0.05, 0) is 32.4 Å². The summed E-state index contributed by atoms with van der Waals surface area (Å²) in [5.41, 5.74) is 1.11. The minimum absolute atomic E-state index is 0.132. The molecule has 25 heavy (non-hydrogen) atoms. The molecule has 2 saturated heterocycles. The molecule has 0 bridgehead atoms. The first kappa shape index (κ1) is 18.4. The highest BCUT2D eigenvalue weighted by Gasteiger charge is 2.30. The van der Waals surface area contributed by atoms with Crippen LogP contribution >= 0.6 is 0 Å². The molecule has 1 unspecified atom stereocenters. The van der Waals surface area contributed by atoms with Gasteiger partial charge in [0.1, 0.15) is 6.10 Å². The van der Waals surface area contributed by atoms with E-state index in [1.807, 2.05) is 42.2 Å². The quantitative estimate of drug-likeness (QED) is 0.816. The molecular weight excluding hydrogens is 314 g/mol. The second-order valence-corrected chi connectivity index (χ2v) is 7.33. The van der Waals surface area contributed by atoms with Crippen LogP contribution in [0.1, 0.15) is 25.3 Å². The van der Waals surface area contributed by atoms with E-state index in [0.717, 1.165) is 57.7 Å². The first-order valence-electron chi connectivity index (χ1n) is 9.50. The topological polar surface area (TPSA) is 36.0 Å². The smallest absolute Gasteiger partial charge is 0.251 e. The molecule has 0 spiro atoms. The fourth-order valence-electron chi connectivity index (χ4n) is 3.76. The summed E-state index contributed by atoms with van der Waals surface area (Å²) in [5, 5.41) is 0. The Morgan fingerprint density at radius 2 is 1.72 bits per heavy atom. The second-order valence-electron chi connectivity index (χ2n) is 7.33. The summed E-state index contributed by atoms with van der Waals surface area (Å²) in [5.74, 6) is 0.132. The Hall–Kier alpha value is -1.43. The Balaban J connectivity index is 1.41. The Morgan fingerprint density at radius 3 is 2.36 bits per heavy atom. The van der Waals surface area contributed by atoms with Gasteiger partial charge in [-0.15, -0.1) is 0 Å². The summed E-state index contributed by atoms with van der Waals surface area (Å²) in [7, 11) is 2.19. The van der Waals surface area contributed by atoms with Crippen molar-refractivity contribution in [3.63, 3.8) is 0 Å². The maximum absolute atomic E-state index is 12.6. The first-order valence-corrected chi connectivity index (χ1v) is 9.50. The average molecular weight is 345 g/mol. The number of carbonyl (C=O) groups excluding carboxylic acids is 1. The van der Waals surface area contributed by atoms with Crippen LogP contribution in [0.25, 0.3) is 0 Å². The Kier molecular flexibility index (Phi) is 6.45. The van der Waals surface area contributed by atoms with Crippen LogP contribution in [0, 0.1) is 0 Å². The number of ether oxygens (including phenoxy) is 1. The van der Waals surface area contributed by atoms with E-state index in [9.17, 15) is 4.79 Å². The highest BCUT2D eigenvalue weighted by molar-refractivity contribution is 5.80. The molecule has 0 aliphatic carbocycles. The van der Waals surface area contributed by atoms with Crippen LogP contribution in [0.5, 0.6) is 0 Å². The van der Waals surface area contributed by atoms with Gasteiger partial charge in [-0.2, -0.15) is 0 Å². The molecule has 2 fully saturated rings. The standard InChI is InChI=1S/C20H31N3O2/c1-17(25-16-18-6-4-3-5-7-18)20(24)23-10-8-19(9-11-23)22-14-12-21(2)13-15-22/h3-7,17,19H,8-16H2,1-2H3. The summed E-state index contributed by atoms with van der Waals surface area (Å²) in [6, 6.07) is 10.7. The molecule has 3 rings (SSSR count). The third-order valence-corrected chi connectivity index (χ3v) is 5.52. The van der Waals surface area contributed by atoms with E-state index in [-0.39, 0.29) is 12.0 Å². The largest absolute Gasteiger partial charge is 0.364 e. The number of amides is 1. The zero-order valence-corrected chi connectivity index (χ0v) is 15.6. The summed E-state index contributed by atoms with van der Waals surface area (Å²) in [6.07, 6.45) is 1.79. The monoisotopic (exact) mass is 345 g/mol. The number of rotatable bonds is 5. The molecule has 138 valence electrons. The third kappa shape index (κ3) is 5.03. The van der Waals surface area contributed by atoms with Crippen molar-refractivity contribution in [2.45, 2.75) is 38.5 Å². The number of piperidine rings is 1. The summed E-state index contributed by atoms with van der Waals surface area (Å²) < 4.78 is 5.79. The van der Waals surface area contributed by atoms with Crippen molar-refractivity contribution in [2.24, 2.45) is 0 Å². The van der Waals surface area contributed by atoms with Gasteiger partial charge in [-0.3, -0.25) is 9.69 Å². The maximum Gasteiger partial charge on any atom is 0.251 e. The van der Waals surface area contributed by atoms with Crippen LogP contribution < -0.4 is 0 Å². The van der Waals surface area contributed by atoms with E-state index >= 15 is 0 Å². The first-order chi connectivity index (χ1) is 12.1. The molecule has 2 heterocycles. The minimum atomic E-state index is -0.375. The highest BCUT2D eigenvalue weighted by Crippen LogP contribution is 2.19. The lowest BCUT2D eigenvalue weighted by Crippen LogP contribution is -2.53. The summed E-state index contributed by atoms with van der Waals surface area (Å²) >= 11 is 0. The summed E-state index contributed by atoms with van der Waals surface area (Å²) in [4.78, 5) is 19.6. The van der Waals surface area contributed by atoms with Crippen LogP contribution in [-0.4, -0.2) is 79.1 Å². The molecule has 0 N–H and O–H groups in total. The van der Waals surface area contributed by atoms with Crippen LogP contribution in [-0.2, 0) is 16.1 Å². The average Bonchev–Trinajstić information content (AvgIpc) is 2.67. The van der Waals surface area contributed by atoms with E-state index in [0.29, 0.717) is 12.6 Å². The maximum atomic E-state index is 12.6. The lowest BCUT2D eigenvalue weighted by molar-refractivity contribution is -0.145. The Bertz CT molecular complexity index is 535. The van der Waals surface area contributed by atoms with Crippen LogP contribution in [0.15, 0.2) is 30.3 Å². The number of likely N-dealkylation sites (tertiary alicyclic amines) is 1. The van der Waals surface area contributed by atoms with Crippen molar-refractivity contribution in [2.75, 3.05) is 46.3 Å². The van der Waals surface area contributed by atoms with Crippen molar-refractivity contribution in [3.05, 3.63) is 35.9 Å². The number of carbonyl (C=O) groups is 1. The molecule has 1 atom stereocenters. The van der Waals surface area contributed by atoms with Crippen LogP contribution in [0.3, 0.4) is 0 Å². The van der Waals surface area contributed by atoms with Crippen molar-refractivity contribution in [1.29, 1.82) is 0 Å². The van der Waals surface area contributed by atoms with Crippen molar-refractivity contribution in [1.82, 2.24) is 14.7 Å². The zero-order valence-electron chi connectivity index (χ0n) is 15.6. The third-order valence-electron chi connectivity index (χ3n) is 5.52. The molecule has 1 aromatic rings. The molecular formula is C20H31N3O2. The normalized spacial score (nSPS) is 22.1. The number of benzene rings is 1. The number of piperazine rings is 1. The molecule has 1 aromatic carbocycles. The highest BCUT2D eigenvalue weighted by atomic mass is 16.5. The molecule has 1 amide bonds. The van der Waals surface area contributed by atoms with E-state index in [2.05, 4.69) is 16.8 Å². The van der Waals surface area contributed by atoms with Gasteiger partial charge >= 0.3 is 0 Å². The van der Waals surface area contributed by atoms with E-state index < -0.39 is 0 Å². The van der Waals surface area contributed by atoms with E-state index in [1.165, 1.54) is 0 Å². The number of likely N-dealkylation sites (N-methyl/N-ethyl adjacent to an activating group) is 1. The second kappa shape index (κ2) is 8.79. The number of hydrogen-bond acceptors (Lipinski definition) is 4. The van der Waals surface area contributed by atoms with Gasteiger partial charge in [0, 0.05) is 45.3 Å². The Morgan fingerprint density at radius 1 is 1.08 bits per heavy atom. The SMILES string of the molecule is CC(OCc1ccccc1)C(=O)N1CCC(N2CCN(C)CC2)CC1. The predicted molar refractivity (Wildman–Crippen MR) is 99.4 cm³/mol.